The predicted molar refractivity (Wildman–Crippen MR) is 84.9 cm³/mol. The average Bonchev–Trinajstić information content (AvgIpc) is 3.05. The highest BCUT2D eigenvalue weighted by Gasteiger charge is 2.13. The van der Waals surface area contributed by atoms with Gasteiger partial charge < -0.3 is 4.57 Å². The van der Waals surface area contributed by atoms with Crippen molar-refractivity contribution in [3.63, 3.8) is 0 Å². The molecule has 0 aliphatic rings. The largest absolute Gasteiger partial charge is 0.320 e. The van der Waals surface area contributed by atoms with Crippen molar-refractivity contribution >= 4 is 45.6 Å². The van der Waals surface area contributed by atoms with Gasteiger partial charge in [0.2, 0.25) is 0 Å². The number of nitrogens with zero attached hydrogens (tertiary/aromatic N) is 3. The molecule has 0 unspecified atom stereocenters. The first kappa shape index (κ1) is 13.9. The summed E-state index contributed by atoms with van der Waals surface area (Å²) in [6.45, 7) is 2.82. The molecule has 0 amide bonds. The molecular weight excluding hydrogens is 313 g/mol. The second kappa shape index (κ2) is 5.72. The summed E-state index contributed by atoms with van der Waals surface area (Å²) in [6.07, 6.45) is 2.95. The predicted octanol–water partition coefficient (Wildman–Crippen LogP) is 4.50. The van der Waals surface area contributed by atoms with Crippen LogP contribution in [0.15, 0.2) is 24.4 Å². The van der Waals surface area contributed by atoms with Gasteiger partial charge in [-0.2, -0.15) is 0 Å². The maximum absolute atomic E-state index is 6.20. The fourth-order valence-corrected chi connectivity index (χ4v) is 3.43. The zero-order chi connectivity index (χ0) is 14.1. The lowest BCUT2D eigenvalue weighted by atomic mass is 10.3. The number of hydrogen-bond acceptors (Lipinski definition) is 3. The molecule has 20 heavy (non-hydrogen) atoms. The van der Waals surface area contributed by atoms with Crippen molar-refractivity contribution < 1.29 is 0 Å². The van der Waals surface area contributed by atoms with Gasteiger partial charge in [-0.15, -0.1) is 22.9 Å². The summed E-state index contributed by atoms with van der Waals surface area (Å²) < 4.78 is 2.09. The normalized spacial score (nSPS) is 11.3. The van der Waals surface area contributed by atoms with E-state index in [1.807, 2.05) is 24.4 Å². The number of rotatable bonds is 4. The number of halogens is 2. The summed E-state index contributed by atoms with van der Waals surface area (Å²) >= 11 is 13.9. The highest BCUT2D eigenvalue weighted by Crippen LogP contribution is 2.26. The molecule has 0 aliphatic carbocycles. The van der Waals surface area contributed by atoms with Gasteiger partial charge in [0.1, 0.15) is 16.3 Å². The maximum Gasteiger partial charge on any atom is 0.125 e. The molecule has 0 bridgehead atoms. The third kappa shape index (κ3) is 2.43. The Morgan fingerprint density at radius 3 is 2.90 bits per heavy atom. The SMILES string of the molecule is CCc1cnc(Cn2c(CCl)nc3c(Cl)cccc32)s1. The van der Waals surface area contributed by atoms with Crippen molar-refractivity contribution in [2.75, 3.05) is 0 Å². The molecule has 3 nitrogen and oxygen atoms in total. The van der Waals surface area contributed by atoms with E-state index in [0.29, 0.717) is 17.4 Å². The monoisotopic (exact) mass is 325 g/mol. The quantitative estimate of drug-likeness (QED) is 0.661. The molecule has 0 atom stereocenters. The van der Waals surface area contributed by atoms with E-state index in [1.54, 1.807) is 11.3 Å². The molecule has 0 radical (unpaired) electrons. The summed E-state index contributed by atoms with van der Waals surface area (Å²) in [5, 5.41) is 1.72. The number of aryl methyl sites for hydroxylation is 1. The minimum Gasteiger partial charge on any atom is -0.320 e. The van der Waals surface area contributed by atoms with E-state index in [1.165, 1.54) is 4.88 Å². The molecule has 0 saturated carbocycles. The number of fused-ring (bicyclic) bond motifs is 1. The van der Waals surface area contributed by atoms with Crippen LogP contribution in [0, 0.1) is 0 Å². The number of hydrogen-bond donors (Lipinski definition) is 0. The van der Waals surface area contributed by atoms with Gasteiger partial charge in [-0.05, 0) is 18.6 Å². The Morgan fingerprint density at radius 1 is 1.35 bits per heavy atom. The molecule has 0 N–H and O–H groups in total. The third-order valence-corrected chi connectivity index (χ3v) is 4.84. The zero-order valence-corrected chi connectivity index (χ0v) is 13.3. The lowest BCUT2D eigenvalue weighted by Crippen LogP contribution is -2.03. The summed E-state index contributed by atoms with van der Waals surface area (Å²) in [5.74, 6) is 1.18. The van der Waals surface area contributed by atoms with Crippen LogP contribution in [0.3, 0.4) is 0 Å². The van der Waals surface area contributed by atoms with Gasteiger partial charge in [0.25, 0.3) is 0 Å². The highest BCUT2D eigenvalue weighted by molar-refractivity contribution is 7.11. The molecular formula is C14H13Cl2N3S. The smallest absolute Gasteiger partial charge is 0.125 e. The summed E-state index contributed by atoms with van der Waals surface area (Å²) in [7, 11) is 0. The van der Waals surface area contributed by atoms with Gasteiger partial charge in [0.05, 0.1) is 23.0 Å². The van der Waals surface area contributed by atoms with E-state index in [4.69, 9.17) is 23.2 Å². The van der Waals surface area contributed by atoms with Gasteiger partial charge >= 0.3 is 0 Å². The Kier molecular flexibility index (Phi) is 3.96. The first-order valence-electron chi connectivity index (χ1n) is 6.36. The van der Waals surface area contributed by atoms with Gasteiger partial charge in [-0.25, -0.2) is 9.97 Å². The topological polar surface area (TPSA) is 30.7 Å². The van der Waals surface area contributed by atoms with Crippen LogP contribution in [0.4, 0.5) is 0 Å². The summed E-state index contributed by atoms with van der Waals surface area (Å²) in [4.78, 5) is 10.3. The summed E-state index contributed by atoms with van der Waals surface area (Å²) in [6, 6.07) is 5.79. The highest BCUT2D eigenvalue weighted by atomic mass is 35.5. The van der Waals surface area contributed by atoms with E-state index in [-0.39, 0.29) is 0 Å². The lowest BCUT2D eigenvalue weighted by molar-refractivity contribution is 0.773. The average molecular weight is 326 g/mol. The minimum atomic E-state index is 0.358. The van der Waals surface area contributed by atoms with E-state index >= 15 is 0 Å². The van der Waals surface area contributed by atoms with Crippen LogP contribution in [0.25, 0.3) is 11.0 Å². The minimum absolute atomic E-state index is 0.358. The van der Waals surface area contributed by atoms with Crippen LogP contribution in [0.1, 0.15) is 22.6 Å². The Morgan fingerprint density at radius 2 is 2.20 bits per heavy atom. The molecule has 0 fully saturated rings. The van der Waals surface area contributed by atoms with Gasteiger partial charge in [0.15, 0.2) is 0 Å². The lowest BCUT2D eigenvalue weighted by Gasteiger charge is -2.05. The first-order chi connectivity index (χ1) is 9.72. The number of imidazole rings is 1. The fraction of sp³-hybridized carbons (Fsp3) is 0.286. The number of para-hydroxylation sites is 1. The molecule has 0 saturated heterocycles. The van der Waals surface area contributed by atoms with Crippen LogP contribution >= 0.6 is 34.5 Å². The molecule has 6 heteroatoms. The first-order valence-corrected chi connectivity index (χ1v) is 8.09. The van der Waals surface area contributed by atoms with Gasteiger partial charge in [0, 0.05) is 11.1 Å². The van der Waals surface area contributed by atoms with E-state index < -0.39 is 0 Å². The van der Waals surface area contributed by atoms with Crippen LogP contribution in [-0.2, 0) is 18.8 Å². The molecule has 0 spiro atoms. The van der Waals surface area contributed by atoms with Crippen molar-refractivity contribution in [1.82, 2.24) is 14.5 Å². The van der Waals surface area contributed by atoms with Crippen LogP contribution < -0.4 is 0 Å². The Hall–Kier alpha value is -1.10. The number of thiazole rings is 1. The number of alkyl halides is 1. The number of aromatic nitrogens is 3. The molecule has 104 valence electrons. The molecule has 3 rings (SSSR count). The maximum atomic E-state index is 6.20. The third-order valence-electron chi connectivity index (χ3n) is 3.17. The van der Waals surface area contributed by atoms with Crippen molar-refractivity contribution in [1.29, 1.82) is 0 Å². The fourth-order valence-electron chi connectivity index (χ4n) is 2.16. The zero-order valence-electron chi connectivity index (χ0n) is 10.9. The molecule has 1 aromatic carbocycles. The summed E-state index contributed by atoms with van der Waals surface area (Å²) in [5.41, 5.74) is 1.80. The standard InChI is InChI=1S/C14H13Cl2N3S/c1-2-9-7-17-13(20-9)8-19-11-5-3-4-10(16)14(11)18-12(19)6-15/h3-5,7H,2,6,8H2,1H3. The van der Waals surface area contributed by atoms with Gasteiger partial charge in [-0.1, -0.05) is 24.6 Å². The van der Waals surface area contributed by atoms with Crippen molar-refractivity contribution in [3.05, 3.63) is 45.1 Å². The molecule has 3 aromatic rings. The number of benzene rings is 1. The van der Waals surface area contributed by atoms with Crippen LogP contribution in [0.2, 0.25) is 5.02 Å². The van der Waals surface area contributed by atoms with Gasteiger partial charge in [-0.3, -0.25) is 0 Å². The van der Waals surface area contributed by atoms with Crippen molar-refractivity contribution in [3.8, 4) is 0 Å². The molecule has 2 heterocycles. The second-order valence-electron chi connectivity index (χ2n) is 4.43. The van der Waals surface area contributed by atoms with Crippen molar-refractivity contribution in [2.45, 2.75) is 25.8 Å². The second-order valence-corrected chi connectivity index (χ2v) is 6.30. The van der Waals surface area contributed by atoms with E-state index in [0.717, 1.165) is 28.3 Å². The van der Waals surface area contributed by atoms with Crippen LogP contribution in [-0.4, -0.2) is 14.5 Å². The Bertz CT molecular complexity index is 748. The van der Waals surface area contributed by atoms with E-state index in [2.05, 4.69) is 21.5 Å². The Balaban J connectivity index is 2.07. The van der Waals surface area contributed by atoms with Crippen molar-refractivity contribution in [2.24, 2.45) is 0 Å². The molecule has 2 aromatic heterocycles. The molecule has 0 aliphatic heterocycles. The Labute approximate surface area is 131 Å². The van der Waals surface area contributed by atoms with Crippen LogP contribution in [0.5, 0.6) is 0 Å². The van der Waals surface area contributed by atoms with E-state index in [9.17, 15) is 0 Å².